The van der Waals surface area contributed by atoms with Crippen LogP contribution in [0.2, 0.25) is 0 Å². The quantitative estimate of drug-likeness (QED) is 0.861. The fourth-order valence-electron chi connectivity index (χ4n) is 3.89. The van der Waals surface area contributed by atoms with Gasteiger partial charge < -0.3 is 29.2 Å². The van der Waals surface area contributed by atoms with Gasteiger partial charge in [-0.1, -0.05) is 6.07 Å². The summed E-state index contributed by atoms with van der Waals surface area (Å²) in [7, 11) is 0. The Bertz CT molecular complexity index is 859. The van der Waals surface area contributed by atoms with E-state index in [0.29, 0.717) is 25.7 Å². The minimum Gasteiger partial charge on any atom is -0.454 e. The zero-order valence-corrected chi connectivity index (χ0v) is 15.9. The number of nitrogens with zero attached hydrogens (tertiary/aromatic N) is 3. The molecule has 0 amide bonds. The van der Waals surface area contributed by atoms with E-state index >= 15 is 0 Å². The largest absolute Gasteiger partial charge is 0.454 e. The van der Waals surface area contributed by atoms with Crippen LogP contribution in [-0.2, 0) is 16.0 Å². The van der Waals surface area contributed by atoms with Crippen LogP contribution in [0.15, 0.2) is 24.3 Å². The van der Waals surface area contributed by atoms with E-state index in [9.17, 15) is 0 Å². The molecule has 3 aliphatic heterocycles. The van der Waals surface area contributed by atoms with Gasteiger partial charge in [0.15, 0.2) is 17.3 Å². The number of rotatable bonds is 4. The van der Waals surface area contributed by atoms with Gasteiger partial charge in [0.2, 0.25) is 12.7 Å². The standard InChI is InChI=1S/C20H24N4O4/c1-14-10-18(24-6-4-20(5-7-24)27-8-9-28-20)23-19(22-14)21-12-15-2-3-16-17(11-15)26-13-25-16/h2-3,10-11H,4-9,12-13H2,1H3,(H,21,22,23). The van der Waals surface area contributed by atoms with E-state index in [4.69, 9.17) is 23.9 Å². The molecule has 2 saturated heterocycles. The summed E-state index contributed by atoms with van der Waals surface area (Å²) in [6.07, 6.45) is 1.71. The third-order valence-corrected chi connectivity index (χ3v) is 5.39. The third kappa shape index (κ3) is 3.45. The summed E-state index contributed by atoms with van der Waals surface area (Å²) in [5, 5.41) is 3.33. The molecule has 0 unspecified atom stereocenters. The number of hydrogen-bond donors (Lipinski definition) is 1. The molecular weight excluding hydrogens is 360 g/mol. The van der Waals surface area contributed by atoms with Crippen molar-refractivity contribution in [3.63, 3.8) is 0 Å². The predicted octanol–water partition coefficient (Wildman–Crippen LogP) is 2.47. The number of anilines is 2. The highest BCUT2D eigenvalue weighted by molar-refractivity contribution is 5.47. The lowest BCUT2D eigenvalue weighted by Crippen LogP contribution is -2.45. The molecule has 4 heterocycles. The molecule has 2 aromatic rings. The summed E-state index contributed by atoms with van der Waals surface area (Å²) in [5.41, 5.74) is 2.03. The van der Waals surface area contributed by atoms with Gasteiger partial charge in [-0.05, 0) is 24.6 Å². The molecule has 148 valence electrons. The van der Waals surface area contributed by atoms with Crippen LogP contribution in [-0.4, -0.2) is 48.9 Å². The van der Waals surface area contributed by atoms with Crippen LogP contribution >= 0.6 is 0 Å². The van der Waals surface area contributed by atoms with Crippen LogP contribution in [0, 0.1) is 6.92 Å². The number of nitrogens with one attached hydrogen (secondary N) is 1. The van der Waals surface area contributed by atoms with Crippen molar-refractivity contribution in [2.75, 3.05) is 43.3 Å². The van der Waals surface area contributed by atoms with Gasteiger partial charge in [0.25, 0.3) is 0 Å². The number of aryl methyl sites for hydroxylation is 1. The van der Waals surface area contributed by atoms with E-state index in [1.54, 1.807) is 0 Å². The molecule has 1 aromatic carbocycles. The molecule has 0 radical (unpaired) electrons. The molecular formula is C20H24N4O4. The highest BCUT2D eigenvalue weighted by atomic mass is 16.7. The first-order valence-electron chi connectivity index (χ1n) is 9.70. The summed E-state index contributed by atoms with van der Waals surface area (Å²) in [5.74, 6) is 2.76. The van der Waals surface area contributed by atoms with Gasteiger partial charge in [-0.15, -0.1) is 0 Å². The van der Waals surface area contributed by atoms with Gasteiger partial charge in [-0.25, -0.2) is 4.98 Å². The van der Waals surface area contributed by atoms with E-state index in [2.05, 4.69) is 15.2 Å². The fourth-order valence-corrected chi connectivity index (χ4v) is 3.89. The summed E-state index contributed by atoms with van der Waals surface area (Å²) < 4.78 is 22.4. The number of fused-ring (bicyclic) bond motifs is 1. The SMILES string of the molecule is Cc1cc(N2CCC3(CC2)OCCO3)nc(NCc2ccc3c(c2)OCO3)n1. The van der Waals surface area contributed by atoms with E-state index in [-0.39, 0.29) is 12.6 Å². The smallest absolute Gasteiger partial charge is 0.231 e. The lowest BCUT2D eigenvalue weighted by atomic mass is 10.0. The molecule has 1 spiro atoms. The average molecular weight is 384 g/mol. The Morgan fingerprint density at radius 3 is 2.64 bits per heavy atom. The van der Waals surface area contributed by atoms with Crippen LogP contribution in [0.4, 0.5) is 11.8 Å². The molecule has 5 rings (SSSR count). The molecule has 3 aliphatic rings. The first-order chi connectivity index (χ1) is 13.7. The van der Waals surface area contributed by atoms with Crippen LogP contribution in [0.5, 0.6) is 11.5 Å². The zero-order chi connectivity index (χ0) is 19.0. The van der Waals surface area contributed by atoms with Crippen molar-refractivity contribution >= 4 is 11.8 Å². The number of piperidine rings is 1. The first kappa shape index (κ1) is 17.5. The zero-order valence-electron chi connectivity index (χ0n) is 15.9. The second-order valence-corrected chi connectivity index (χ2v) is 7.33. The maximum absolute atomic E-state index is 5.82. The Morgan fingerprint density at radius 1 is 1.04 bits per heavy atom. The summed E-state index contributed by atoms with van der Waals surface area (Å²) in [6, 6.07) is 7.96. The molecule has 1 aromatic heterocycles. The highest BCUT2D eigenvalue weighted by Gasteiger charge is 2.40. The molecule has 0 bridgehead atoms. The van der Waals surface area contributed by atoms with Crippen molar-refractivity contribution in [3.05, 3.63) is 35.5 Å². The maximum Gasteiger partial charge on any atom is 0.231 e. The van der Waals surface area contributed by atoms with E-state index in [1.165, 1.54) is 0 Å². The molecule has 1 N–H and O–H groups in total. The summed E-state index contributed by atoms with van der Waals surface area (Å²) in [6.45, 7) is 6.00. The Kier molecular flexibility index (Phi) is 4.44. The van der Waals surface area contributed by atoms with E-state index in [1.807, 2.05) is 31.2 Å². The molecule has 0 aliphatic carbocycles. The summed E-state index contributed by atoms with van der Waals surface area (Å²) >= 11 is 0. The third-order valence-electron chi connectivity index (χ3n) is 5.39. The van der Waals surface area contributed by atoms with Gasteiger partial charge in [0.05, 0.1) is 13.2 Å². The molecule has 0 atom stereocenters. The molecule has 28 heavy (non-hydrogen) atoms. The topological polar surface area (TPSA) is 78.0 Å². The number of ether oxygens (including phenoxy) is 4. The second kappa shape index (κ2) is 7.10. The van der Waals surface area contributed by atoms with Gasteiger partial charge >= 0.3 is 0 Å². The normalized spacial score (nSPS) is 20.0. The van der Waals surface area contributed by atoms with Crippen molar-refractivity contribution < 1.29 is 18.9 Å². The predicted molar refractivity (Wildman–Crippen MR) is 103 cm³/mol. The van der Waals surface area contributed by atoms with Crippen LogP contribution in [0.1, 0.15) is 24.1 Å². The van der Waals surface area contributed by atoms with Crippen LogP contribution in [0.25, 0.3) is 0 Å². The van der Waals surface area contributed by atoms with Crippen molar-refractivity contribution in [1.82, 2.24) is 9.97 Å². The van der Waals surface area contributed by atoms with E-state index in [0.717, 1.165) is 54.5 Å². The van der Waals surface area contributed by atoms with Crippen molar-refractivity contribution in [3.8, 4) is 11.5 Å². The molecule has 8 heteroatoms. The van der Waals surface area contributed by atoms with Gasteiger partial charge in [0, 0.05) is 44.2 Å². The van der Waals surface area contributed by atoms with Crippen LogP contribution in [0.3, 0.4) is 0 Å². The Hall–Kier alpha value is -2.58. The minimum absolute atomic E-state index is 0.282. The maximum atomic E-state index is 5.82. The Balaban J connectivity index is 1.25. The summed E-state index contributed by atoms with van der Waals surface area (Å²) in [4.78, 5) is 11.5. The second-order valence-electron chi connectivity index (χ2n) is 7.33. The number of benzene rings is 1. The highest BCUT2D eigenvalue weighted by Crippen LogP contribution is 2.34. The molecule has 2 fully saturated rings. The number of aromatic nitrogens is 2. The first-order valence-corrected chi connectivity index (χ1v) is 9.70. The minimum atomic E-state index is -0.376. The van der Waals surface area contributed by atoms with Crippen LogP contribution < -0.4 is 19.7 Å². The number of hydrogen-bond acceptors (Lipinski definition) is 8. The van der Waals surface area contributed by atoms with Crippen molar-refractivity contribution in [1.29, 1.82) is 0 Å². The monoisotopic (exact) mass is 384 g/mol. The average Bonchev–Trinajstić information content (AvgIpc) is 3.36. The lowest BCUT2D eigenvalue weighted by Gasteiger charge is -2.38. The Labute approximate surface area is 163 Å². The van der Waals surface area contributed by atoms with Gasteiger partial charge in [-0.2, -0.15) is 4.98 Å². The molecule has 8 nitrogen and oxygen atoms in total. The Morgan fingerprint density at radius 2 is 1.82 bits per heavy atom. The lowest BCUT2D eigenvalue weighted by molar-refractivity contribution is -0.169. The fraction of sp³-hybridized carbons (Fsp3) is 0.500. The van der Waals surface area contributed by atoms with Gasteiger partial charge in [0.1, 0.15) is 5.82 Å². The molecule has 0 saturated carbocycles. The van der Waals surface area contributed by atoms with Gasteiger partial charge in [-0.3, -0.25) is 0 Å². The van der Waals surface area contributed by atoms with Crippen molar-refractivity contribution in [2.24, 2.45) is 0 Å². The van der Waals surface area contributed by atoms with E-state index < -0.39 is 0 Å². The van der Waals surface area contributed by atoms with Crippen molar-refractivity contribution in [2.45, 2.75) is 32.1 Å².